The smallest absolute Gasteiger partial charge is 0.229 e. The molecule has 1 aliphatic rings. The molecule has 1 aromatic rings. The molecular weight excluding hydrogens is 304 g/mol. The molecule has 0 aliphatic carbocycles. The van der Waals surface area contributed by atoms with Crippen LogP contribution in [0.3, 0.4) is 0 Å². The molecule has 0 radical (unpaired) electrons. The van der Waals surface area contributed by atoms with Crippen LogP contribution >= 0.6 is 0 Å². The van der Waals surface area contributed by atoms with Crippen molar-refractivity contribution in [3.63, 3.8) is 0 Å². The maximum Gasteiger partial charge on any atom is 0.229 e. The van der Waals surface area contributed by atoms with Gasteiger partial charge in [-0.05, 0) is 24.1 Å². The quantitative estimate of drug-likeness (QED) is 0.527. The maximum absolute atomic E-state index is 9.99. The molecule has 0 bridgehead atoms. The van der Waals surface area contributed by atoms with Crippen LogP contribution in [-0.4, -0.2) is 64.8 Å². The normalized spacial score (nSPS) is 30.7. The SMILES string of the molecule is C=CCc1ccc(O[C@@H]2OC(CO)[C@@H](O)C(O)[C@H]2O)c(OC)c1. The van der Waals surface area contributed by atoms with Crippen LogP contribution in [-0.2, 0) is 11.2 Å². The Morgan fingerprint density at radius 1 is 1.17 bits per heavy atom. The van der Waals surface area contributed by atoms with E-state index in [1.54, 1.807) is 18.2 Å². The average molecular weight is 326 g/mol. The van der Waals surface area contributed by atoms with Gasteiger partial charge in [-0.3, -0.25) is 0 Å². The zero-order chi connectivity index (χ0) is 17.0. The lowest BCUT2D eigenvalue weighted by Gasteiger charge is -2.39. The Kier molecular flexibility index (Phi) is 5.97. The summed E-state index contributed by atoms with van der Waals surface area (Å²) in [6.07, 6.45) is -4.23. The number of hydrogen-bond acceptors (Lipinski definition) is 7. The monoisotopic (exact) mass is 326 g/mol. The second-order valence-corrected chi connectivity index (χ2v) is 5.29. The van der Waals surface area contributed by atoms with Crippen molar-refractivity contribution in [2.24, 2.45) is 0 Å². The Hall–Kier alpha value is -1.64. The van der Waals surface area contributed by atoms with Gasteiger partial charge < -0.3 is 34.6 Å². The number of allylic oxidation sites excluding steroid dienone is 1. The molecule has 0 spiro atoms. The predicted octanol–water partition coefficient (Wildman–Crippen LogP) is -0.398. The standard InChI is InChI=1S/C16H22O7/c1-3-4-9-5-6-10(11(7-9)21-2)22-16-15(20)14(19)13(18)12(8-17)23-16/h3,5-7,12-20H,1,4,8H2,2H3/t12?,13-,14?,15-,16-/m1/s1. The third-order valence-corrected chi connectivity index (χ3v) is 3.70. The summed E-state index contributed by atoms with van der Waals surface area (Å²) in [6, 6.07) is 5.23. The lowest BCUT2D eigenvalue weighted by atomic mass is 9.99. The zero-order valence-corrected chi connectivity index (χ0v) is 12.8. The van der Waals surface area contributed by atoms with E-state index in [0.717, 1.165) is 5.56 Å². The van der Waals surface area contributed by atoms with Crippen molar-refractivity contribution in [3.8, 4) is 11.5 Å². The number of hydrogen-bond donors (Lipinski definition) is 4. The molecule has 7 nitrogen and oxygen atoms in total. The van der Waals surface area contributed by atoms with Crippen molar-refractivity contribution in [3.05, 3.63) is 36.4 Å². The number of methoxy groups -OCH3 is 1. The van der Waals surface area contributed by atoms with Crippen LogP contribution in [0.25, 0.3) is 0 Å². The van der Waals surface area contributed by atoms with E-state index in [2.05, 4.69) is 6.58 Å². The highest BCUT2D eigenvalue weighted by atomic mass is 16.7. The molecule has 1 aliphatic heterocycles. The molecule has 1 heterocycles. The molecule has 1 saturated heterocycles. The first-order chi connectivity index (χ1) is 11.0. The van der Waals surface area contributed by atoms with Crippen LogP contribution in [0.4, 0.5) is 0 Å². The highest BCUT2D eigenvalue weighted by molar-refractivity contribution is 5.43. The van der Waals surface area contributed by atoms with Crippen molar-refractivity contribution < 1.29 is 34.6 Å². The van der Waals surface area contributed by atoms with Crippen molar-refractivity contribution in [2.75, 3.05) is 13.7 Å². The Labute approximate surface area is 134 Å². The van der Waals surface area contributed by atoms with E-state index in [-0.39, 0.29) is 0 Å². The van der Waals surface area contributed by atoms with E-state index in [0.29, 0.717) is 17.9 Å². The first-order valence-electron chi connectivity index (χ1n) is 7.26. The molecular formula is C16H22O7. The molecule has 2 unspecified atom stereocenters. The van der Waals surface area contributed by atoms with Gasteiger partial charge in [0.25, 0.3) is 0 Å². The van der Waals surface area contributed by atoms with Crippen LogP contribution < -0.4 is 9.47 Å². The van der Waals surface area contributed by atoms with E-state index in [1.807, 2.05) is 6.07 Å². The lowest BCUT2D eigenvalue weighted by molar-refractivity contribution is -0.277. The highest BCUT2D eigenvalue weighted by Crippen LogP contribution is 2.32. The van der Waals surface area contributed by atoms with Gasteiger partial charge in [0.2, 0.25) is 6.29 Å². The molecule has 1 aromatic carbocycles. The van der Waals surface area contributed by atoms with Crippen LogP contribution in [0.2, 0.25) is 0 Å². The van der Waals surface area contributed by atoms with E-state index in [1.165, 1.54) is 7.11 Å². The van der Waals surface area contributed by atoms with Gasteiger partial charge in [0.1, 0.15) is 24.4 Å². The zero-order valence-electron chi connectivity index (χ0n) is 12.8. The fraction of sp³-hybridized carbons (Fsp3) is 0.500. The van der Waals surface area contributed by atoms with E-state index >= 15 is 0 Å². The summed E-state index contributed by atoms with van der Waals surface area (Å²) < 4.78 is 16.1. The summed E-state index contributed by atoms with van der Waals surface area (Å²) >= 11 is 0. The summed E-state index contributed by atoms with van der Waals surface area (Å²) in [5, 5.41) is 38.7. The Morgan fingerprint density at radius 3 is 2.52 bits per heavy atom. The minimum atomic E-state index is -1.49. The van der Waals surface area contributed by atoms with Crippen LogP contribution in [0.1, 0.15) is 5.56 Å². The molecule has 0 saturated carbocycles. The maximum atomic E-state index is 9.99. The van der Waals surface area contributed by atoms with Crippen molar-refractivity contribution in [1.82, 2.24) is 0 Å². The van der Waals surface area contributed by atoms with Gasteiger partial charge >= 0.3 is 0 Å². The number of aliphatic hydroxyl groups is 4. The number of benzene rings is 1. The second-order valence-electron chi connectivity index (χ2n) is 5.29. The molecule has 5 atom stereocenters. The molecule has 1 fully saturated rings. The van der Waals surface area contributed by atoms with Crippen LogP contribution in [0.15, 0.2) is 30.9 Å². The van der Waals surface area contributed by atoms with Crippen LogP contribution in [0.5, 0.6) is 11.5 Å². The van der Waals surface area contributed by atoms with Gasteiger partial charge in [-0.2, -0.15) is 0 Å². The molecule has 2 rings (SSSR count). The van der Waals surface area contributed by atoms with Gasteiger partial charge in [0, 0.05) is 0 Å². The molecule has 0 amide bonds. The summed E-state index contributed by atoms with van der Waals surface area (Å²) in [4.78, 5) is 0. The van der Waals surface area contributed by atoms with E-state index in [9.17, 15) is 20.4 Å². The lowest BCUT2D eigenvalue weighted by Crippen LogP contribution is -2.60. The molecule has 7 heteroatoms. The van der Waals surface area contributed by atoms with Gasteiger partial charge in [-0.15, -0.1) is 6.58 Å². The van der Waals surface area contributed by atoms with Gasteiger partial charge in [-0.25, -0.2) is 0 Å². The fourth-order valence-electron chi connectivity index (χ4n) is 2.39. The van der Waals surface area contributed by atoms with Gasteiger partial charge in [0.05, 0.1) is 13.7 Å². The number of aliphatic hydroxyl groups excluding tert-OH is 4. The topological polar surface area (TPSA) is 109 Å². The Morgan fingerprint density at radius 2 is 1.91 bits per heavy atom. The minimum absolute atomic E-state index is 0.310. The molecule has 0 aromatic heterocycles. The van der Waals surface area contributed by atoms with Gasteiger partial charge in [-0.1, -0.05) is 12.1 Å². The fourth-order valence-corrected chi connectivity index (χ4v) is 2.39. The van der Waals surface area contributed by atoms with E-state index < -0.39 is 37.3 Å². The molecule has 4 N–H and O–H groups in total. The van der Waals surface area contributed by atoms with Crippen molar-refractivity contribution >= 4 is 0 Å². The Balaban J connectivity index is 2.18. The summed E-state index contributed by atoms with van der Waals surface area (Å²) in [5.41, 5.74) is 0.970. The first kappa shape index (κ1) is 17.7. The van der Waals surface area contributed by atoms with Gasteiger partial charge in [0.15, 0.2) is 11.5 Å². The van der Waals surface area contributed by atoms with E-state index in [4.69, 9.17) is 14.2 Å². The minimum Gasteiger partial charge on any atom is -0.493 e. The molecule has 23 heavy (non-hydrogen) atoms. The highest BCUT2D eigenvalue weighted by Gasteiger charge is 2.44. The predicted molar refractivity (Wildman–Crippen MR) is 81.3 cm³/mol. The summed E-state index contributed by atoms with van der Waals surface area (Å²) in [7, 11) is 1.48. The van der Waals surface area contributed by atoms with Crippen molar-refractivity contribution in [2.45, 2.75) is 37.1 Å². The average Bonchev–Trinajstić information content (AvgIpc) is 2.56. The summed E-state index contributed by atoms with van der Waals surface area (Å²) in [6.45, 7) is 3.16. The number of rotatable bonds is 6. The molecule has 128 valence electrons. The van der Waals surface area contributed by atoms with Crippen molar-refractivity contribution in [1.29, 1.82) is 0 Å². The second kappa shape index (κ2) is 7.76. The number of ether oxygens (including phenoxy) is 3. The summed E-state index contributed by atoms with van der Waals surface area (Å²) in [5.74, 6) is 0.742. The largest absolute Gasteiger partial charge is 0.493 e. The third-order valence-electron chi connectivity index (χ3n) is 3.70. The Bertz CT molecular complexity index is 531. The first-order valence-corrected chi connectivity index (χ1v) is 7.26. The van der Waals surface area contributed by atoms with Crippen LogP contribution in [0, 0.1) is 0 Å². The third kappa shape index (κ3) is 3.82.